The second kappa shape index (κ2) is 9.88. The summed E-state index contributed by atoms with van der Waals surface area (Å²) in [4.78, 5) is 8.69. The van der Waals surface area contributed by atoms with Gasteiger partial charge in [-0.2, -0.15) is 9.61 Å². The number of nitrogens with two attached hydrogens (primary N) is 1. The molecule has 3 heterocycles. The molecule has 4 atom stereocenters. The first kappa shape index (κ1) is 24.2. The van der Waals surface area contributed by atoms with Crippen LogP contribution in [0.5, 0.6) is 0 Å². The molecule has 1 aromatic carbocycles. The minimum Gasteiger partial charge on any atom is -0.391 e. The molecule has 0 bridgehead atoms. The number of aromatic nitrogens is 4. The molecule has 1 saturated carbocycles. The van der Waals surface area contributed by atoms with E-state index in [0.717, 1.165) is 17.7 Å². The number of pyridine rings is 1. The summed E-state index contributed by atoms with van der Waals surface area (Å²) >= 11 is 0. The van der Waals surface area contributed by atoms with Gasteiger partial charge in [0.1, 0.15) is 11.6 Å². The van der Waals surface area contributed by atoms with Crippen molar-refractivity contribution in [3.8, 4) is 11.3 Å². The van der Waals surface area contributed by atoms with Crippen LogP contribution >= 0.6 is 0 Å². The van der Waals surface area contributed by atoms with E-state index in [4.69, 9.17) is 10.5 Å². The molecular formula is C26H28F2N6O2. The van der Waals surface area contributed by atoms with Crippen LogP contribution in [0.15, 0.2) is 48.9 Å². The van der Waals surface area contributed by atoms with Gasteiger partial charge < -0.3 is 20.9 Å². The maximum Gasteiger partial charge on any atom is 0.229 e. The van der Waals surface area contributed by atoms with E-state index >= 15 is 0 Å². The molecular weight excluding hydrogens is 466 g/mol. The van der Waals surface area contributed by atoms with E-state index in [1.807, 2.05) is 13.0 Å². The van der Waals surface area contributed by atoms with Crippen molar-refractivity contribution in [1.82, 2.24) is 19.6 Å². The van der Waals surface area contributed by atoms with Crippen molar-refractivity contribution >= 4 is 17.2 Å². The van der Waals surface area contributed by atoms with Crippen LogP contribution in [0.4, 0.5) is 20.4 Å². The second-order valence-electron chi connectivity index (χ2n) is 9.39. The van der Waals surface area contributed by atoms with Gasteiger partial charge in [-0.15, -0.1) is 0 Å². The summed E-state index contributed by atoms with van der Waals surface area (Å²) in [7, 11) is 1.47. The van der Waals surface area contributed by atoms with Crippen LogP contribution in [0, 0.1) is 17.6 Å². The molecule has 0 amide bonds. The number of hydrogen-bond acceptors (Lipinski definition) is 7. The van der Waals surface area contributed by atoms with E-state index in [9.17, 15) is 13.9 Å². The van der Waals surface area contributed by atoms with Crippen molar-refractivity contribution in [3.63, 3.8) is 0 Å². The predicted octanol–water partition coefficient (Wildman–Crippen LogP) is 4.16. The fraction of sp³-hybridized carbons (Fsp3) is 0.346. The summed E-state index contributed by atoms with van der Waals surface area (Å²) in [6, 6.07) is 7.38. The molecule has 1 fully saturated rings. The number of anilines is 2. The van der Waals surface area contributed by atoms with Crippen LogP contribution in [0.2, 0.25) is 0 Å². The van der Waals surface area contributed by atoms with Gasteiger partial charge in [-0.05, 0) is 66.1 Å². The van der Waals surface area contributed by atoms with Crippen molar-refractivity contribution in [2.24, 2.45) is 11.7 Å². The maximum absolute atomic E-state index is 14.8. The number of halogens is 2. The molecule has 36 heavy (non-hydrogen) atoms. The van der Waals surface area contributed by atoms with E-state index in [0.29, 0.717) is 23.4 Å². The van der Waals surface area contributed by atoms with Gasteiger partial charge in [-0.25, -0.2) is 13.8 Å². The third kappa shape index (κ3) is 4.55. The Morgan fingerprint density at radius 1 is 1.17 bits per heavy atom. The maximum atomic E-state index is 14.8. The number of nitrogens with zero attached hydrogens (tertiary/aromatic N) is 4. The number of ether oxygens (including phenoxy) is 1. The summed E-state index contributed by atoms with van der Waals surface area (Å²) < 4.78 is 36.1. The van der Waals surface area contributed by atoms with Gasteiger partial charge in [0.25, 0.3) is 0 Å². The minimum absolute atomic E-state index is 0.0660. The Bertz CT molecular complexity index is 1360. The number of nitrogens with one attached hydrogen (secondary N) is 1. The van der Waals surface area contributed by atoms with Gasteiger partial charge in [-0.1, -0.05) is 6.92 Å². The second-order valence-corrected chi connectivity index (χ2v) is 9.39. The fourth-order valence-electron chi connectivity index (χ4n) is 5.04. The van der Waals surface area contributed by atoms with Crippen LogP contribution in [-0.2, 0) is 11.3 Å². The summed E-state index contributed by atoms with van der Waals surface area (Å²) in [6.07, 6.45) is 5.96. The molecule has 0 saturated heterocycles. The zero-order valence-electron chi connectivity index (χ0n) is 20.0. The Balaban J connectivity index is 1.49. The molecule has 3 aromatic heterocycles. The standard InChI is InChI=1S/C26H28F2N6O2/c1-14-7-16(10-21(29)25(14)35)18-5-6-30-12-23(18)32-26-31-11-17-3-4-22(33-34(17)26)24-19(27)8-15(13-36-2)9-20(24)28/h3-6,8-9,11-12,14,16,21,25,35H,7,10,13,29H2,1-2H3,(H,31,32)/t14-,16+,21+,25+/m0/s1. The van der Waals surface area contributed by atoms with Gasteiger partial charge in [0, 0.05) is 19.3 Å². The molecule has 10 heteroatoms. The largest absolute Gasteiger partial charge is 0.391 e. The lowest BCUT2D eigenvalue weighted by molar-refractivity contribution is 0.0521. The lowest BCUT2D eigenvalue weighted by atomic mass is 9.74. The Hall–Kier alpha value is -3.47. The normalized spacial score (nSPS) is 22.2. The highest BCUT2D eigenvalue weighted by atomic mass is 19.1. The molecule has 4 aromatic rings. The van der Waals surface area contributed by atoms with Crippen LogP contribution < -0.4 is 11.1 Å². The smallest absolute Gasteiger partial charge is 0.229 e. The molecule has 0 spiro atoms. The number of aliphatic hydroxyl groups excluding tert-OH is 1. The average Bonchev–Trinajstić information content (AvgIpc) is 3.24. The van der Waals surface area contributed by atoms with Crippen molar-refractivity contribution in [3.05, 3.63) is 71.7 Å². The van der Waals surface area contributed by atoms with Crippen LogP contribution in [-0.4, -0.2) is 43.9 Å². The van der Waals surface area contributed by atoms with Crippen molar-refractivity contribution in [1.29, 1.82) is 0 Å². The van der Waals surface area contributed by atoms with Crippen LogP contribution in [0.3, 0.4) is 0 Å². The number of imidazole rings is 1. The van der Waals surface area contributed by atoms with Gasteiger partial charge in [0.2, 0.25) is 5.95 Å². The highest BCUT2D eigenvalue weighted by Gasteiger charge is 2.34. The van der Waals surface area contributed by atoms with Gasteiger partial charge >= 0.3 is 0 Å². The Kier molecular flexibility index (Phi) is 6.65. The van der Waals surface area contributed by atoms with E-state index in [1.54, 1.807) is 30.7 Å². The van der Waals surface area contributed by atoms with Gasteiger partial charge in [0.15, 0.2) is 0 Å². The average molecular weight is 495 g/mol. The number of benzene rings is 1. The van der Waals surface area contributed by atoms with Gasteiger partial charge in [0.05, 0.1) is 47.6 Å². The molecule has 4 N–H and O–H groups in total. The summed E-state index contributed by atoms with van der Waals surface area (Å²) in [6.45, 7) is 2.10. The zero-order valence-corrected chi connectivity index (χ0v) is 20.0. The summed E-state index contributed by atoms with van der Waals surface area (Å²) in [5.74, 6) is -0.860. The Morgan fingerprint density at radius 2 is 1.94 bits per heavy atom. The zero-order chi connectivity index (χ0) is 25.4. The monoisotopic (exact) mass is 494 g/mol. The number of methoxy groups -OCH3 is 1. The molecule has 188 valence electrons. The van der Waals surface area contributed by atoms with Crippen molar-refractivity contribution < 1.29 is 18.6 Å². The third-order valence-corrected chi connectivity index (χ3v) is 6.83. The highest BCUT2D eigenvalue weighted by molar-refractivity contribution is 5.66. The number of hydrogen-bond donors (Lipinski definition) is 3. The van der Waals surface area contributed by atoms with E-state index < -0.39 is 17.7 Å². The Morgan fingerprint density at radius 3 is 2.67 bits per heavy atom. The molecule has 0 unspecified atom stereocenters. The van der Waals surface area contributed by atoms with Gasteiger partial charge in [-0.3, -0.25) is 4.98 Å². The van der Waals surface area contributed by atoms with Crippen LogP contribution in [0.25, 0.3) is 16.8 Å². The van der Waals surface area contributed by atoms with Crippen LogP contribution in [0.1, 0.15) is 36.8 Å². The number of fused-ring (bicyclic) bond motifs is 1. The minimum atomic E-state index is -0.719. The predicted molar refractivity (Wildman–Crippen MR) is 132 cm³/mol. The van der Waals surface area contributed by atoms with E-state index in [2.05, 4.69) is 20.4 Å². The molecule has 0 aliphatic heterocycles. The van der Waals surface area contributed by atoms with Crippen molar-refractivity contribution in [2.45, 2.75) is 44.4 Å². The first-order chi connectivity index (χ1) is 17.4. The topological polar surface area (TPSA) is 111 Å². The molecule has 5 rings (SSSR count). The molecule has 1 aliphatic carbocycles. The number of aliphatic hydroxyl groups is 1. The SMILES string of the molecule is COCc1cc(F)c(-c2ccc3cnc(Nc4cnccc4[C@H]4C[C@@H](N)[C@H](O)[C@@H](C)C4)n3n2)c(F)c1. The summed E-state index contributed by atoms with van der Waals surface area (Å²) in [5.41, 5.74) is 8.91. The summed E-state index contributed by atoms with van der Waals surface area (Å²) in [5, 5.41) is 18.0. The highest BCUT2D eigenvalue weighted by Crippen LogP contribution is 2.39. The first-order valence-electron chi connectivity index (χ1n) is 11.8. The first-order valence-corrected chi connectivity index (χ1v) is 11.8. The van der Waals surface area contributed by atoms with Crippen molar-refractivity contribution in [2.75, 3.05) is 12.4 Å². The lowest BCUT2D eigenvalue weighted by Gasteiger charge is -2.36. The molecule has 1 aliphatic rings. The van der Waals surface area contributed by atoms with E-state index in [1.165, 1.54) is 23.8 Å². The molecule has 8 nitrogen and oxygen atoms in total. The quantitative estimate of drug-likeness (QED) is 0.369. The third-order valence-electron chi connectivity index (χ3n) is 6.83. The Labute approximate surface area is 207 Å². The molecule has 0 radical (unpaired) electrons. The lowest BCUT2D eigenvalue weighted by Crippen LogP contribution is -2.44. The number of rotatable bonds is 6. The fourth-order valence-corrected chi connectivity index (χ4v) is 5.04. The van der Waals surface area contributed by atoms with E-state index in [-0.39, 0.29) is 35.7 Å².